The minimum atomic E-state index is -2.82. The maximum Gasteiger partial charge on any atom is 0.387 e. The molecule has 0 unspecified atom stereocenters. The smallest absolute Gasteiger partial charge is 0.387 e. The third kappa shape index (κ3) is 3.73. The molecule has 0 radical (unpaired) electrons. The highest BCUT2D eigenvalue weighted by Crippen LogP contribution is 2.17. The molecule has 1 aromatic heterocycles. The zero-order valence-corrected chi connectivity index (χ0v) is 10.8. The number of benzene rings is 1. The second-order valence-corrected chi connectivity index (χ2v) is 4.44. The van der Waals surface area contributed by atoms with E-state index in [1.165, 1.54) is 6.07 Å². The van der Waals surface area contributed by atoms with Crippen molar-refractivity contribution in [1.82, 2.24) is 9.97 Å². The van der Waals surface area contributed by atoms with E-state index in [0.717, 1.165) is 10.0 Å². The standard InChI is InChI=1S/C12H9BrF2N2O/c13-9-6-16-11(17-7-9)5-8-2-1-3-10(4-8)18-12(14)15/h1-4,6-7,12H,5H2. The van der Waals surface area contributed by atoms with Crippen LogP contribution in [0, 0.1) is 0 Å². The fourth-order valence-electron chi connectivity index (χ4n) is 1.44. The van der Waals surface area contributed by atoms with Gasteiger partial charge in [0.1, 0.15) is 11.6 Å². The Morgan fingerprint density at radius 3 is 2.61 bits per heavy atom. The quantitative estimate of drug-likeness (QED) is 0.867. The Bertz CT molecular complexity index is 520. The van der Waals surface area contributed by atoms with Crippen molar-refractivity contribution >= 4 is 15.9 Å². The first kappa shape index (κ1) is 12.9. The van der Waals surface area contributed by atoms with E-state index in [1.54, 1.807) is 24.5 Å². The summed E-state index contributed by atoms with van der Waals surface area (Å²) in [5.41, 5.74) is 0.815. The van der Waals surface area contributed by atoms with Gasteiger partial charge < -0.3 is 4.74 Å². The van der Waals surface area contributed by atoms with Gasteiger partial charge in [-0.15, -0.1) is 0 Å². The molecular weight excluding hydrogens is 306 g/mol. The third-order valence-electron chi connectivity index (χ3n) is 2.16. The lowest BCUT2D eigenvalue weighted by Gasteiger charge is -2.06. The second kappa shape index (κ2) is 5.86. The topological polar surface area (TPSA) is 35.0 Å². The predicted octanol–water partition coefficient (Wildman–Crippen LogP) is 3.43. The molecule has 0 atom stereocenters. The van der Waals surface area contributed by atoms with Crippen LogP contribution in [0.4, 0.5) is 8.78 Å². The van der Waals surface area contributed by atoms with Crippen molar-refractivity contribution in [1.29, 1.82) is 0 Å². The summed E-state index contributed by atoms with van der Waals surface area (Å²) in [6, 6.07) is 6.51. The molecule has 0 amide bonds. The van der Waals surface area contributed by atoms with E-state index in [9.17, 15) is 8.78 Å². The Hall–Kier alpha value is -1.56. The van der Waals surface area contributed by atoms with Gasteiger partial charge in [-0.05, 0) is 33.6 Å². The summed E-state index contributed by atoms with van der Waals surface area (Å²) in [7, 11) is 0. The fraction of sp³-hybridized carbons (Fsp3) is 0.167. The fourth-order valence-corrected chi connectivity index (χ4v) is 1.65. The molecule has 0 saturated carbocycles. The van der Waals surface area contributed by atoms with Crippen LogP contribution in [0.2, 0.25) is 0 Å². The van der Waals surface area contributed by atoms with Crippen LogP contribution in [0.1, 0.15) is 11.4 Å². The minimum absolute atomic E-state index is 0.139. The van der Waals surface area contributed by atoms with Crippen LogP contribution >= 0.6 is 15.9 Å². The molecule has 0 aliphatic carbocycles. The normalized spacial score (nSPS) is 10.7. The first-order valence-electron chi connectivity index (χ1n) is 5.13. The molecule has 0 aliphatic heterocycles. The summed E-state index contributed by atoms with van der Waals surface area (Å²) in [4.78, 5) is 8.23. The number of alkyl halides is 2. The Morgan fingerprint density at radius 1 is 1.22 bits per heavy atom. The van der Waals surface area contributed by atoms with Crippen molar-refractivity contribution in [2.45, 2.75) is 13.0 Å². The molecule has 18 heavy (non-hydrogen) atoms. The maximum absolute atomic E-state index is 12.1. The van der Waals surface area contributed by atoms with Crippen LogP contribution in [-0.4, -0.2) is 16.6 Å². The van der Waals surface area contributed by atoms with Gasteiger partial charge in [0.15, 0.2) is 0 Å². The van der Waals surface area contributed by atoms with Crippen LogP contribution in [0.25, 0.3) is 0 Å². The van der Waals surface area contributed by atoms with E-state index in [1.807, 2.05) is 6.07 Å². The maximum atomic E-state index is 12.1. The van der Waals surface area contributed by atoms with E-state index in [4.69, 9.17) is 0 Å². The van der Waals surface area contributed by atoms with Gasteiger partial charge in [0.25, 0.3) is 0 Å². The lowest BCUT2D eigenvalue weighted by molar-refractivity contribution is -0.0498. The van der Waals surface area contributed by atoms with Crippen molar-refractivity contribution in [3.05, 3.63) is 52.5 Å². The van der Waals surface area contributed by atoms with Crippen molar-refractivity contribution in [2.75, 3.05) is 0 Å². The molecule has 0 fully saturated rings. The number of nitrogens with zero attached hydrogens (tertiary/aromatic N) is 2. The average molecular weight is 315 g/mol. The Kier molecular flexibility index (Phi) is 4.19. The van der Waals surface area contributed by atoms with E-state index in [2.05, 4.69) is 30.6 Å². The molecule has 2 aromatic rings. The third-order valence-corrected chi connectivity index (χ3v) is 2.57. The van der Waals surface area contributed by atoms with Gasteiger partial charge in [-0.25, -0.2) is 9.97 Å². The Labute approximate surface area is 111 Å². The summed E-state index contributed by atoms with van der Waals surface area (Å²) in [6.07, 6.45) is 3.75. The SMILES string of the molecule is FC(F)Oc1cccc(Cc2ncc(Br)cn2)c1. The van der Waals surface area contributed by atoms with Crippen LogP contribution < -0.4 is 4.74 Å². The molecular formula is C12H9BrF2N2O. The number of hydrogen-bond donors (Lipinski definition) is 0. The van der Waals surface area contributed by atoms with E-state index in [-0.39, 0.29) is 5.75 Å². The minimum Gasteiger partial charge on any atom is -0.435 e. The number of halogens is 3. The number of rotatable bonds is 4. The van der Waals surface area contributed by atoms with Gasteiger partial charge in [0.2, 0.25) is 0 Å². The zero-order valence-electron chi connectivity index (χ0n) is 9.19. The summed E-state index contributed by atoms with van der Waals surface area (Å²) >= 11 is 3.24. The zero-order chi connectivity index (χ0) is 13.0. The van der Waals surface area contributed by atoms with Gasteiger partial charge in [0, 0.05) is 18.8 Å². The van der Waals surface area contributed by atoms with Gasteiger partial charge in [-0.2, -0.15) is 8.78 Å². The van der Waals surface area contributed by atoms with Gasteiger partial charge >= 0.3 is 6.61 Å². The van der Waals surface area contributed by atoms with Gasteiger partial charge in [0.05, 0.1) is 4.47 Å². The highest BCUT2D eigenvalue weighted by atomic mass is 79.9. The largest absolute Gasteiger partial charge is 0.435 e. The van der Waals surface area contributed by atoms with E-state index < -0.39 is 6.61 Å². The molecule has 1 heterocycles. The van der Waals surface area contributed by atoms with E-state index >= 15 is 0 Å². The lowest BCUT2D eigenvalue weighted by Crippen LogP contribution is -2.02. The number of hydrogen-bond acceptors (Lipinski definition) is 3. The molecule has 1 aromatic carbocycles. The summed E-state index contributed by atoms with van der Waals surface area (Å²) in [6.45, 7) is -2.82. The number of ether oxygens (including phenoxy) is 1. The molecule has 0 aliphatic rings. The summed E-state index contributed by atoms with van der Waals surface area (Å²) in [5.74, 6) is 0.756. The molecule has 0 saturated heterocycles. The molecule has 0 bridgehead atoms. The molecule has 2 rings (SSSR count). The molecule has 94 valence electrons. The second-order valence-electron chi connectivity index (χ2n) is 3.52. The molecule has 6 heteroatoms. The van der Waals surface area contributed by atoms with Crippen molar-refractivity contribution in [3.63, 3.8) is 0 Å². The summed E-state index contributed by atoms with van der Waals surface area (Å²) < 4.78 is 29.3. The highest BCUT2D eigenvalue weighted by molar-refractivity contribution is 9.10. The van der Waals surface area contributed by atoms with Gasteiger partial charge in [-0.1, -0.05) is 12.1 Å². The van der Waals surface area contributed by atoms with Gasteiger partial charge in [-0.3, -0.25) is 0 Å². The van der Waals surface area contributed by atoms with Crippen molar-refractivity contribution < 1.29 is 13.5 Å². The predicted molar refractivity (Wildman–Crippen MR) is 65.6 cm³/mol. The first-order valence-corrected chi connectivity index (χ1v) is 5.93. The monoisotopic (exact) mass is 314 g/mol. The lowest BCUT2D eigenvalue weighted by atomic mass is 10.1. The van der Waals surface area contributed by atoms with Crippen LogP contribution in [0.5, 0.6) is 5.75 Å². The summed E-state index contributed by atoms with van der Waals surface area (Å²) in [5, 5.41) is 0. The Morgan fingerprint density at radius 2 is 1.94 bits per heavy atom. The van der Waals surface area contributed by atoms with Crippen LogP contribution in [0.15, 0.2) is 41.1 Å². The number of aromatic nitrogens is 2. The van der Waals surface area contributed by atoms with Crippen molar-refractivity contribution in [2.24, 2.45) is 0 Å². The van der Waals surface area contributed by atoms with Crippen molar-refractivity contribution in [3.8, 4) is 5.75 Å². The van der Waals surface area contributed by atoms with E-state index in [0.29, 0.717) is 12.2 Å². The molecule has 0 spiro atoms. The Balaban J connectivity index is 2.11. The van der Waals surface area contributed by atoms with Crippen LogP contribution in [-0.2, 0) is 6.42 Å². The highest BCUT2D eigenvalue weighted by Gasteiger charge is 2.05. The van der Waals surface area contributed by atoms with Crippen LogP contribution in [0.3, 0.4) is 0 Å². The molecule has 0 N–H and O–H groups in total. The average Bonchev–Trinajstić information content (AvgIpc) is 2.32. The molecule has 3 nitrogen and oxygen atoms in total. The first-order chi connectivity index (χ1) is 8.63.